The number of aliphatic hydroxyl groups is 1. The summed E-state index contributed by atoms with van der Waals surface area (Å²) in [7, 11) is 0. The van der Waals surface area contributed by atoms with Gasteiger partial charge in [-0.05, 0) is 37.3 Å². The van der Waals surface area contributed by atoms with Gasteiger partial charge in [-0.25, -0.2) is 0 Å². The number of nitrogens with one attached hydrogen (secondary N) is 2. The van der Waals surface area contributed by atoms with E-state index in [4.69, 9.17) is 4.74 Å². The highest BCUT2D eigenvalue weighted by atomic mass is 127. The first-order chi connectivity index (χ1) is 13.9. The molecular formula is C23H39IN4O2. The minimum Gasteiger partial charge on any atom is -0.387 e. The molecule has 6 nitrogen and oxygen atoms in total. The van der Waals surface area contributed by atoms with Gasteiger partial charge < -0.3 is 20.5 Å². The van der Waals surface area contributed by atoms with Crippen LogP contribution in [0.3, 0.4) is 0 Å². The second kappa shape index (κ2) is 11.6. The second-order valence-electron chi connectivity index (χ2n) is 9.00. The molecule has 3 unspecified atom stereocenters. The third-order valence-electron chi connectivity index (χ3n) is 5.73. The average Bonchev–Trinajstić information content (AvgIpc) is 3.46. The fourth-order valence-corrected chi connectivity index (χ4v) is 3.89. The Morgan fingerprint density at radius 2 is 1.93 bits per heavy atom. The van der Waals surface area contributed by atoms with Gasteiger partial charge in [-0.2, -0.15) is 0 Å². The molecule has 0 aromatic heterocycles. The number of halogens is 1. The van der Waals surface area contributed by atoms with Crippen LogP contribution in [0.15, 0.2) is 29.3 Å². The summed E-state index contributed by atoms with van der Waals surface area (Å²) >= 11 is 0. The Labute approximate surface area is 198 Å². The van der Waals surface area contributed by atoms with Crippen molar-refractivity contribution in [2.45, 2.75) is 57.6 Å². The zero-order chi connectivity index (χ0) is 20.9. The van der Waals surface area contributed by atoms with Crippen molar-refractivity contribution >= 4 is 29.9 Å². The lowest BCUT2D eigenvalue weighted by molar-refractivity contribution is -0.0180. The van der Waals surface area contributed by atoms with Crippen LogP contribution in [0.5, 0.6) is 0 Å². The minimum atomic E-state index is -0.852. The van der Waals surface area contributed by atoms with Gasteiger partial charge in [0.15, 0.2) is 5.96 Å². The summed E-state index contributed by atoms with van der Waals surface area (Å²) in [6, 6.07) is 9.43. The van der Waals surface area contributed by atoms with Crippen molar-refractivity contribution in [3.8, 4) is 0 Å². The highest BCUT2D eigenvalue weighted by Gasteiger charge is 2.39. The first-order valence-corrected chi connectivity index (χ1v) is 11.0. The molecule has 2 fully saturated rings. The van der Waals surface area contributed by atoms with Crippen LogP contribution >= 0.6 is 24.0 Å². The Hall–Kier alpha value is -0.900. The van der Waals surface area contributed by atoms with Crippen molar-refractivity contribution in [1.82, 2.24) is 15.5 Å². The van der Waals surface area contributed by atoms with Crippen molar-refractivity contribution in [3.63, 3.8) is 0 Å². The van der Waals surface area contributed by atoms with Gasteiger partial charge in [0.25, 0.3) is 0 Å². The summed E-state index contributed by atoms with van der Waals surface area (Å²) in [5, 5.41) is 17.7. The summed E-state index contributed by atoms with van der Waals surface area (Å²) in [6.45, 7) is 13.4. The Morgan fingerprint density at radius 3 is 2.53 bits per heavy atom. The quantitative estimate of drug-likeness (QED) is 0.274. The molecule has 1 aromatic rings. The van der Waals surface area contributed by atoms with Gasteiger partial charge in [0.1, 0.15) is 0 Å². The second-order valence-corrected chi connectivity index (χ2v) is 9.00. The van der Waals surface area contributed by atoms with E-state index < -0.39 is 5.60 Å². The van der Waals surface area contributed by atoms with Crippen molar-refractivity contribution in [2.24, 2.45) is 4.99 Å². The van der Waals surface area contributed by atoms with E-state index in [0.717, 1.165) is 45.2 Å². The van der Waals surface area contributed by atoms with E-state index in [1.165, 1.54) is 11.1 Å². The highest BCUT2D eigenvalue weighted by molar-refractivity contribution is 14.0. The van der Waals surface area contributed by atoms with E-state index in [2.05, 4.69) is 65.6 Å². The van der Waals surface area contributed by atoms with Crippen LogP contribution in [0.4, 0.5) is 0 Å². The summed E-state index contributed by atoms with van der Waals surface area (Å²) < 4.78 is 5.39. The van der Waals surface area contributed by atoms with E-state index in [0.29, 0.717) is 31.0 Å². The number of guanidine groups is 1. The van der Waals surface area contributed by atoms with Crippen LogP contribution in [0.1, 0.15) is 57.1 Å². The molecule has 1 saturated heterocycles. The van der Waals surface area contributed by atoms with Crippen LogP contribution in [0.25, 0.3) is 0 Å². The van der Waals surface area contributed by atoms with Gasteiger partial charge in [0.05, 0.1) is 25.4 Å². The molecule has 170 valence electrons. The van der Waals surface area contributed by atoms with E-state index in [-0.39, 0.29) is 24.0 Å². The molecule has 0 bridgehead atoms. The molecule has 30 heavy (non-hydrogen) atoms. The van der Waals surface area contributed by atoms with Crippen molar-refractivity contribution in [1.29, 1.82) is 0 Å². The Bertz CT molecular complexity index is 672. The molecule has 1 aromatic carbocycles. The number of aliphatic imine (C=N–C) groups is 1. The SMILES string of the molecule is CCNC(=NCC(C)(O)CN1CCOCC1)NC1CC1c1ccc(C(C)C)cc1.I. The van der Waals surface area contributed by atoms with E-state index >= 15 is 0 Å². The maximum absolute atomic E-state index is 10.8. The average molecular weight is 530 g/mol. The molecule has 3 N–H and O–H groups in total. The first kappa shape index (κ1) is 25.4. The molecule has 0 amide bonds. The van der Waals surface area contributed by atoms with Crippen molar-refractivity contribution in [2.75, 3.05) is 45.9 Å². The summed E-state index contributed by atoms with van der Waals surface area (Å²) in [5.74, 6) is 1.89. The number of hydrogen-bond donors (Lipinski definition) is 3. The molecule has 3 rings (SSSR count). The molecule has 1 aliphatic heterocycles. The number of ether oxygens (including phenoxy) is 1. The molecule has 3 atom stereocenters. The fourth-order valence-electron chi connectivity index (χ4n) is 3.89. The smallest absolute Gasteiger partial charge is 0.191 e. The maximum Gasteiger partial charge on any atom is 0.191 e. The topological polar surface area (TPSA) is 69.1 Å². The standard InChI is InChI=1S/C23H38N4O2.HI/c1-5-24-22(25-15-23(4,28)16-27-10-12-29-13-11-27)26-21-14-20(21)19-8-6-18(7-9-19)17(2)3;/h6-9,17,20-21,28H,5,10-16H2,1-4H3,(H2,24,25,26);1H. The molecule has 1 saturated carbocycles. The zero-order valence-corrected chi connectivity index (χ0v) is 21.2. The van der Waals surface area contributed by atoms with Gasteiger partial charge in [-0.1, -0.05) is 38.1 Å². The highest BCUT2D eigenvalue weighted by Crippen LogP contribution is 2.41. The van der Waals surface area contributed by atoms with Gasteiger partial charge >= 0.3 is 0 Å². The number of nitrogens with zero attached hydrogens (tertiary/aromatic N) is 2. The maximum atomic E-state index is 10.8. The molecule has 0 radical (unpaired) electrons. The number of benzene rings is 1. The van der Waals surface area contributed by atoms with Crippen LogP contribution < -0.4 is 10.6 Å². The third-order valence-corrected chi connectivity index (χ3v) is 5.73. The third kappa shape index (κ3) is 7.66. The first-order valence-electron chi connectivity index (χ1n) is 11.0. The molecule has 7 heteroatoms. The van der Waals surface area contributed by atoms with Crippen LogP contribution in [0, 0.1) is 0 Å². The van der Waals surface area contributed by atoms with Gasteiger partial charge in [0, 0.05) is 38.1 Å². The molecule has 1 heterocycles. The van der Waals surface area contributed by atoms with Crippen LogP contribution in [0.2, 0.25) is 0 Å². The Morgan fingerprint density at radius 1 is 1.27 bits per heavy atom. The predicted octanol–water partition coefficient (Wildman–Crippen LogP) is 2.92. The fraction of sp³-hybridized carbons (Fsp3) is 0.696. The zero-order valence-electron chi connectivity index (χ0n) is 18.9. The monoisotopic (exact) mass is 530 g/mol. The van der Waals surface area contributed by atoms with Crippen molar-refractivity contribution in [3.05, 3.63) is 35.4 Å². The van der Waals surface area contributed by atoms with Gasteiger partial charge in [-0.3, -0.25) is 9.89 Å². The normalized spacial score (nSPS) is 24.1. The lowest BCUT2D eigenvalue weighted by Crippen LogP contribution is -2.48. The lowest BCUT2D eigenvalue weighted by atomic mass is 10.0. The van der Waals surface area contributed by atoms with Crippen LogP contribution in [-0.4, -0.2) is 73.5 Å². The summed E-state index contributed by atoms with van der Waals surface area (Å²) in [6.07, 6.45) is 1.12. The van der Waals surface area contributed by atoms with Gasteiger partial charge in [0.2, 0.25) is 0 Å². The predicted molar refractivity (Wildman–Crippen MR) is 134 cm³/mol. The van der Waals surface area contributed by atoms with Crippen molar-refractivity contribution < 1.29 is 9.84 Å². The Kier molecular flexibility index (Phi) is 9.84. The molecule has 2 aliphatic rings. The number of hydrogen-bond acceptors (Lipinski definition) is 4. The largest absolute Gasteiger partial charge is 0.387 e. The number of rotatable bonds is 8. The molecule has 1 aliphatic carbocycles. The summed E-state index contributed by atoms with van der Waals surface area (Å²) in [4.78, 5) is 6.93. The van der Waals surface area contributed by atoms with E-state index in [1.807, 2.05) is 6.92 Å². The molecule has 0 spiro atoms. The van der Waals surface area contributed by atoms with E-state index in [9.17, 15) is 5.11 Å². The minimum absolute atomic E-state index is 0. The number of β-amino-alcohol motifs (C(OH)–C–C–N with tert-alkyl or cyclic N) is 1. The summed E-state index contributed by atoms with van der Waals surface area (Å²) in [5.41, 5.74) is 1.92. The molecular weight excluding hydrogens is 491 g/mol. The van der Waals surface area contributed by atoms with E-state index in [1.54, 1.807) is 0 Å². The van der Waals surface area contributed by atoms with Gasteiger partial charge in [-0.15, -0.1) is 24.0 Å². The lowest BCUT2D eigenvalue weighted by Gasteiger charge is -2.33. The number of morpholine rings is 1. The van der Waals surface area contributed by atoms with Crippen LogP contribution in [-0.2, 0) is 4.74 Å². The Balaban J connectivity index is 0.00000320.